The number of esters is 1. The summed E-state index contributed by atoms with van der Waals surface area (Å²) in [6, 6.07) is 13.5. The van der Waals surface area contributed by atoms with Gasteiger partial charge in [-0.1, -0.05) is 24.3 Å². The fraction of sp³-hybridized carbons (Fsp3) is 0.143. The van der Waals surface area contributed by atoms with Crippen molar-refractivity contribution in [2.45, 2.75) is 13.3 Å². The number of fused-ring (bicyclic) bond motifs is 3. The molecule has 5 nitrogen and oxygen atoms in total. The van der Waals surface area contributed by atoms with Crippen LogP contribution in [0, 0.1) is 0 Å². The van der Waals surface area contributed by atoms with Gasteiger partial charge in [-0.15, -0.1) is 11.3 Å². The highest BCUT2D eigenvalue weighted by Crippen LogP contribution is 2.40. The summed E-state index contributed by atoms with van der Waals surface area (Å²) < 4.78 is 6.15. The number of carbonyl (C=O) groups is 1. The minimum Gasteiger partial charge on any atom is -0.426 e. The molecule has 0 unspecified atom stereocenters. The number of rotatable bonds is 4. The quantitative estimate of drug-likeness (QED) is 0.417. The largest absolute Gasteiger partial charge is 0.426 e. The summed E-state index contributed by atoms with van der Waals surface area (Å²) in [7, 11) is 0. The van der Waals surface area contributed by atoms with Crippen molar-refractivity contribution in [1.82, 2.24) is 4.98 Å². The summed E-state index contributed by atoms with van der Waals surface area (Å²) in [4.78, 5) is 26.9. The van der Waals surface area contributed by atoms with Crippen molar-refractivity contribution < 1.29 is 9.53 Å². The number of pyridine rings is 1. The monoisotopic (exact) mass is 378 g/mol. The highest BCUT2D eigenvalue weighted by molar-refractivity contribution is 7.17. The van der Waals surface area contributed by atoms with Crippen molar-refractivity contribution in [2.75, 3.05) is 6.54 Å². The van der Waals surface area contributed by atoms with Gasteiger partial charge in [0.2, 0.25) is 0 Å². The molecule has 0 amide bonds. The van der Waals surface area contributed by atoms with Gasteiger partial charge in [0.15, 0.2) is 0 Å². The molecule has 2 heterocycles. The number of carbonyl (C=O) groups excluding carboxylic acids is 1. The first kappa shape index (κ1) is 17.5. The Morgan fingerprint density at radius 1 is 1.15 bits per heavy atom. The van der Waals surface area contributed by atoms with Crippen molar-refractivity contribution in [2.24, 2.45) is 5.73 Å². The van der Waals surface area contributed by atoms with E-state index in [0.29, 0.717) is 22.5 Å². The van der Waals surface area contributed by atoms with Crippen molar-refractivity contribution in [3.63, 3.8) is 0 Å². The maximum atomic E-state index is 12.3. The van der Waals surface area contributed by atoms with Gasteiger partial charge in [-0.3, -0.25) is 9.59 Å². The lowest BCUT2D eigenvalue weighted by molar-refractivity contribution is -0.131. The first-order chi connectivity index (χ1) is 13.1. The SMILES string of the molecule is CC(=O)Oc1ccc2[nH]c(=O)c3sccc3c2c1-c1ccc(CCN)cc1. The van der Waals surface area contributed by atoms with Crippen LogP contribution in [-0.2, 0) is 11.2 Å². The smallest absolute Gasteiger partial charge is 0.308 e. The molecule has 4 aromatic rings. The van der Waals surface area contributed by atoms with Gasteiger partial charge in [0.1, 0.15) is 10.4 Å². The molecule has 0 saturated heterocycles. The lowest BCUT2D eigenvalue weighted by Gasteiger charge is -2.14. The third-order valence-corrected chi connectivity index (χ3v) is 5.40. The number of thiophene rings is 1. The second-order valence-corrected chi connectivity index (χ2v) is 7.22. The van der Waals surface area contributed by atoms with Crippen LogP contribution in [0.3, 0.4) is 0 Å². The number of nitrogens with one attached hydrogen (secondary N) is 1. The van der Waals surface area contributed by atoms with Gasteiger partial charge in [0.05, 0.1) is 0 Å². The summed E-state index contributed by atoms with van der Waals surface area (Å²) >= 11 is 1.40. The van der Waals surface area contributed by atoms with Crippen molar-refractivity contribution in [3.8, 4) is 16.9 Å². The molecule has 2 aromatic heterocycles. The minimum atomic E-state index is -0.388. The molecule has 0 aliphatic carbocycles. The lowest BCUT2D eigenvalue weighted by Crippen LogP contribution is -2.07. The second-order valence-electron chi connectivity index (χ2n) is 6.31. The number of hydrogen-bond acceptors (Lipinski definition) is 5. The van der Waals surface area contributed by atoms with E-state index in [1.54, 1.807) is 12.1 Å². The van der Waals surface area contributed by atoms with Gasteiger partial charge in [0, 0.05) is 28.8 Å². The Bertz CT molecular complexity index is 1210. The standard InChI is InChI=1S/C21H18N2O3S/c1-12(24)26-17-7-6-16-19(15-9-11-27-20(15)21(25)23-16)18(17)14-4-2-13(3-5-14)8-10-22/h2-7,9,11H,8,10,22H2,1H3,(H,23,25). The predicted octanol–water partition coefficient (Wildman–Crippen LogP) is 3.84. The van der Waals surface area contributed by atoms with E-state index in [-0.39, 0.29) is 11.5 Å². The maximum Gasteiger partial charge on any atom is 0.308 e. The van der Waals surface area contributed by atoms with Crippen LogP contribution in [0.1, 0.15) is 12.5 Å². The summed E-state index contributed by atoms with van der Waals surface area (Å²) in [5.74, 6) is 0.0856. The van der Waals surface area contributed by atoms with Crippen LogP contribution < -0.4 is 16.0 Å². The Morgan fingerprint density at radius 3 is 2.63 bits per heavy atom. The van der Waals surface area contributed by atoms with Crippen molar-refractivity contribution in [3.05, 3.63) is 63.8 Å². The van der Waals surface area contributed by atoms with Crippen LogP contribution >= 0.6 is 11.3 Å². The predicted molar refractivity (Wildman–Crippen MR) is 109 cm³/mol. The Kier molecular flexibility index (Phi) is 4.51. The maximum absolute atomic E-state index is 12.3. The molecule has 0 fully saturated rings. The first-order valence-corrected chi connectivity index (χ1v) is 9.50. The van der Waals surface area contributed by atoms with E-state index >= 15 is 0 Å². The fourth-order valence-electron chi connectivity index (χ4n) is 3.36. The van der Waals surface area contributed by atoms with Gasteiger partial charge in [-0.25, -0.2) is 0 Å². The Hall–Kier alpha value is -2.96. The topological polar surface area (TPSA) is 85.2 Å². The Morgan fingerprint density at radius 2 is 1.93 bits per heavy atom. The van der Waals surface area contributed by atoms with E-state index in [9.17, 15) is 9.59 Å². The molecule has 6 heteroatoms. The number of H-pyrrole nitrogens is 1. The second kappa shape index (κ2) is 6.98. The molecular formula is C21H18N2O3S. The molecule has 4 rings (SSSR count). The average molecular weight is 378 g/mol. The van der Waals surface area contributed by atoms with E-state index in [1.165, 1.54) is 18.3 Å². The van der Waals surface area contributed by atoms with Gasteiger partial charge < -0.3 is 15.5 Å². The molecule has 0 saturated carbocycles. The van der Waals surface area contributed by atoms with E-state index < -0.39 is 0 Å². The van der Waals surface area contributed by atoms with Gasteiger partial charge in [-0.05, 0) is 47.7 Å². The number of nitrogens with two attached hydrogens (primary N) is 1. The molecule has 0 atom stereocenters. The van der Waals surface area contributed by atoms with Crippen molar-refractivity contribution in [1.29, 1.82) is 0 Å². The third-order valence-electron chi connectivity index (χ3n) is 4.49. The molecule has 136 valence electrons. The van der Waals surface area contributed by atoms with Gasteiger partial charge >= 0.3 is 5.97 Å². The normalized spacial score (nSPS) is 11.2. The van der Waals surface area contributed by atoms with E-state index in [2.05, 4.69) is 4.98 Å². The molecule has 27 heavy (non-hydrogen) atoms. The third kappa shape index (κ3) is 3.13. The number of hydrogen-bond donors (Lipinski definition) is 2. The molecular weight excluding hydrogens is 360 g/mol. The van der Waals surface area contributed by atoms with E-state index in [4.69, 9.17) is 10.5 Å². The van der Waals surface area contributed by atoms with Crippen LogP contribution in [0.5, 0.6) is 5.75 Å². The van der Waals surface area contributed by atoms with Crippen LogP contribution in [0.2, 0.25) is 0 Å². The van der Waals surface area contributed by atoms with E-state index in [0.717, 1.165) is 33.9 Å². The lowest BCUT2D eigenvalue weighted by atomic mass is 9.96. The summed E-state index contributed by atoms with van der Waals surface area (Å²) in [6.07, 6.45) is 0.800. The molecule has 0 radical (unpaired) electrons. The first-order valence-electron chi connectivity index (χ1n) is 8.62. The Labute approximate surface area is 159 Å². The number of aromatic nitrogens is 1. The average Bonchev–Trinajstić information content (AvgIpc) is 3.13. The van der Waals surface area contributed by atoms with Crippen LogP contribution in [0.4, 0.5) is 0 Å². The van der Waals surface area contributed by atoms with Crippen molar-refractivity contribution >= 4 is 38.3 Å². The molecule has 0 spiro atoms. The zero-order valence-electron chi connectivity index (χ0n) is 14.7. The molecule has 3 N–H and O–H groups in total. The summed E-state index contributed by atoms with van der Waals surface area (Å²) in [5.41, 5.74) is 9.08. The Balaban J connectivity index is 2.06. The van der Waals surface area contributed by atoms with Crippen LogP contribution in [0.25, 0.3) is 32.1 Å². The molecule has 2 aromatic carbocycles. The highest BCUT2D eigenvalue weighted by Gasteiger charge is 2.17. The van der Waals surface area contributed by atoms with Gasteiger partial charge in [-0.2, -0.15) is 0 Å². The molecule has 0 aliphatic heterocycles. The molecule has 0 aliphatic rings. The number of benzene rings is 2. The zero-order valence-corrected chi connectivity index (χ0v) is 15.6. The minimum absolute atomic E-state index is 0.114. The van der Waals surface area contributed by atoms with Crippen LogP contribution in [-0.4, -0.2) is 17.5 Å². The van der Waals surface area contributed by atoms with E-state index in [1.807, 2.05) is 35.7 Å². The fourth-order valence-corrected chi connectivity index (χ4v) is 4.16. The summed E-state index contributed by atoms with van der Waals surface area (Å²) in [6.45, 7) is 1.97. The zero-order chi connectivity index (χ0) is 19.0. The van der Waals surface area contributed by atoms with Gasteiger partial charge in [0.25, 0.3) is 5.56 Å². The highest BCUT2D eigenvalue weighted by atomic mass is 32.1. The van der Waals surface area contributed by atoms with Crippen LogP contribution in [0.15, 0.2) is 52.6 Å². The molecule has 0 bridgehead atoms. The number of ether oxygens (including phenoxy) is 1. The summed E-state index contributed by atoms with van der Waals surface area (Å²) in [5, 5.41) is 3.62. The number of aromatic amines is 1.